The maximum atomic E-state index is 13.2. The standard InChI is InChI=1S/C22H30F3N3O5S/c1-12-6-18(34(3,30)31)17(28(12)21(29)33-13(2)19(24)25)11-32-16-4-5-22(8-14(22)7-16)20-26-9-15(23)10-27-20/h9-10,12-14,16-19H,4-8,11H2,1-3H3/t12-,13?,14-,16+,17-,18+,22-/m1/s1. The van der Waals surface area contributed by atoms with Crippen molar-refractivity contribution in [2.24, 2.45) is 5.92 Å². The van der Waals surface area contributed by atoms with Gasteiger partial charge in [0.2, 0.25) is 0 Å². The summed E-state index contributed by atoms with van der Waals surface area (Å²) in [6.45, 7) is 2.74. The molecule has 0 bridgehead atoms. The normalized spacial score (nSPS) is 34.1. The molecule has 3 fully saturated rings. The van der Waals surface area contributed by atoms with Crippen LogP contribution < -0.4 is 0 Å². The van der Waals surface area contributed by atoms with Gasteiger partial charge < -0.3 is 9.47 Å². The molecule has 0 N–H and O–H groups in total. The molecule has 190 valence electrons. The summed E-state index contributed by atoms with van der Waals surface area (Å²) < 4.78 is 74.8. The van der Waals surface area contributed by atoms with Gasteiger partial charge in [0.15, 0.2) is 21.8 Å². The Morgan fingerprint density at radius 3 is 2.56 bits per heavy atom. The lowest BCUT2D eigenvalue weighted by atomic mass is 9.86. The second-order valence-electron chi connectivity index (χ2n) is 9.86. The van der Waals surface area contributed by atoms with Gasteiger partial charge in [0, 0.05) is 17.7 Å². The molecular formula is C22H30F3N3O5S. The first kappa shape index (κ1) is 25.2. The fourth-order valence-corrected chi connectivity index (χ4v) is 6.95. The van der Waals surface area contributed by atoms with E-state index in [9.17, 15) is 26.4 Å². The van der Waals surface area contributed by atoms with E-state index >= 15 is 0 Å². The number of rotatable bonds is 7. The van der Waals surface area contributed by atoms with Gasteiger partial charge in [0.1, 0.15) is 5.82 Å². The number of hydrogen-bond acceptors (Lipinski definition) is 7. The van der Waals surface area contributed by atoms with Crippen molar-refractivity contribution in [2.75, 3.05) is 12.9 Å². The van der Waals surface area contributed by atoms with Crippen LogP contribution in [0.3, 0.4) is 0 Å². The lowest BCUT2D eigenvalue weighted by molar-refractivity contribution is -0.0375. The number of ether oxygens (including phenoxy) is 2. The number of carbonyl (C=O) groups is 1. The Bertz CT molecular complexity index is 1010. The minimum absolute atomic E-state index is 0.0301. The highest BCUT2D eigenvalue weighted by Gasteiger charge is 2.60. The van der Waals surface area contributed by atoms with Crippen molar-refractivity contribution in [3.63, 3.8) is 0 Å². The van der Waals surface area contributed by atoms with Crippen LogP contribution >= 0.6 is 0 Å². The number of amides is 1. The molecule has 2 aliphatic carbocycles. The third-order valence-corrected chi connectivity index (χ3v) is 9.10. The maximum Gasteiger partial charge on any atom is 0.410 e. The summed E-state index contributed by atoms with van der Waals surface area (Å²) in [6.07, 6.45) is 1.15. The quantitative estimate of drug-likeness (QED) is 0.562. The summed E-state index contributed by atoms with van der Waals surface area (Å²) in [4.78, 5) is 22.2. The Morgan fingerprint density at radius 2 is 1.97 bits per heavy atom. The minimum atomic E-state index is -3.53. The largest absolute Gasteiger partial charge is 0.440 e. The minimum Gasteiger partial charge on any atom is -0.440 e. The van der Waals surface area contributed by atoms with Crippen molar-refractivity contribution in [3.8, 4) is 0 Å². The molecule has 2 heterocycles. The number of halogens is 3. The maximum absolute atomic E-state index is 13.2. The van der Waals surface area contributed by atoms with Crippen molar-refractivity contribution in [1.29, 1.82) is 0 Å². The summed E-state index contributed by atoms with van der Waals surface area (Å²) in [7, 11) is -3.53. The number of fused-ring (bicyclic) bond motifs is 1. The predicted octanol–water partition coefficient (Wildman–Crippen LogP) is 3.11. The van der Waals surface area contributed by atoms with Gasteiger partial charge in [0.05, 0.1) is 36.4 Å². The molecule has 1 aliphatic heterocycles. The molecule has 0 spiro atoms. The third-order valence-electron chi connectivity index (χ3n) is 7.50. The lowest BCUT2D eigenvalue weighted by Crippen LogP contribution is -2.48. The van der Waals surface area contributed by atoms with Crippen LogP contribution in [0, 0.1) is 11.7 Å². The van der Waals surface area contributed by atoms with E-state index < -0.39 is 51.6 Å². The Hall–Kier alpha value is -1.95. The molecule has 1 aromatic heterocycles. The predicted molar refractivity (Wildman–Crippen MR) is 116 cm³/mol. The molecule has 1 amide bonds. The highest BCUT2D eigenvalue weighted by molar-refractivity contribution is 7.91. The summed E-state index contributed by atoms with van der Waals surface area (Å²) in [5, 5.41) is -0.867. The second kappa shape index (κ2) is 9.25. The first-order valence-electron chi connectivity index (χ1n) is 11.5. The van der Waals surface area contributed by atoms with Crippen LogP contribution in [0.4, 0.5) is 18.0 Å². The Balaban J connectivity index is 1.41. The van der Waals surface area contributed by atoms with Crippen LogP contribution in [0.5, 0.6) is 0 Å². The first-order chi connectivity index (χ1) is 15.9. The zero-order chi connectivity index (χ0) is 24.8. The van der Waals surface area contributed by atoms with E-state index in [1.54, 1.807) is 6.92 Å². The molecule has 7 atom stereocenters. The molecule has 4 rings (SSSR count). The summed E-state index contributed by atoms with van der Waals surface area (Å²) >= 11 is 0. The molecule has 1 unspecified atom stereocenters. The van der Waals surface area contributed by atoms with Gasteiger partial charge in [-0.25, -0.2) is 36.4 Å². The van der Waals surface area contributed by atoms with Gasteiger partial charge in [0.25, 0.3) is 6.43 Å². The Kier molecular flexibility index (Phi) is 6.84. The van der Waals surface area contributed by atoms with Crippen molar-refractivity contribution in [1.82, 2.24) is 14.9 Å². The summed E-state index contributed by atoms with van der Waals surface area (Å²) in [6, 6.07) is -1.32. The lowest BCUT2D eigenvalue weighted by Gasteiger charge is -2.33. The van der Waals surface area contributed by atoms with Crippen LogP contribution in [-0.4, -0.2) is 78.2 Å². The topological polar surface area (TPSA) is 98.7 Å². The van der Waals surface area contributed by atoms with E-state index in [-0.39, 0.29) is 30.5 Å². The molecule has 1 aromatic rings. The van der Waals surface area contributed by atoms with E-state index in [1.807, 2.05) is 0 Å². The molecular weight excluding hydrogens is 475 g/mol. The van der Waals surface area contributed by atoms with E-state index in [1.165, 1.54) is 17.3 Å². The molecule has 3 aliphatic rings. The van der Waals surface area contributed by atoms with Gasteiger partial charge in [-0.05, 0) is 51.9 Å². The highest BCUT2D eigenvalue weighted by atomic mass is 32.2. The second-order valence-corrected chi connectivity index (χ2v) is 12.1. The van der Waals surface area contributed by atoms with Crippen LogP contribution in [0.15, 0.2) is 12.4 Å². The fourth-order valence-electron chi connectivity index (χ4n) is 5.54. The third kappa shape index (κ3) is 4.89. The number of likely N-dealkylation sites (tertiary alicyclic amines) is 1. The Morgan fingerprint density at radius 1 is 1.29 bits per heavy atom. The fraction of sp³-hybridized carbons (Fsp3) is 0.773. The SMILES string of the molecule is CC(OC(=O)N1[C@H](C)C[C@H](S(C)(=O)=O)[C@H]1CO[C@H]1CC[C@@]2(c3ncc(F)cn3)C[C@H]2C1)C(F)F. The highest BCUT2D eigenvalue weighted by Crippen LogP contribution is 2.61. The summed E-state index contributed by atoms with van der Waals surface area (Å²) in [5.74, 6) is 0.450. The smallest absolute Gasteiger partial charge is 0.410 e. The van der Waals surface area contributed by atoms with Gasteiger partial charge in [-0.2, -0.15) is 0 Å². The molecule has 34 heavy (non-hydrogen) atoms. The number of carbonyl (C=O) groups excluding carboxylic acids is 1. The van der Waals surface area contributed by atoms with Gasteiger partial charge in [-0.3, -0.25) is 4.90 Å². The van der Waals surface area contributed by atoms with Crippen LogP contribution in [0.2, 0.25) is 0 Å². The van der Waals surface area contributed by atoms with E-state index in [2.05, 4.69) is 9.97 Å². The van der Waals surface area contributed by atoms with E-state index in [0.717, 1.165) is 32.4 Å². The number of nitrogens with zero attached hydrogens (tertiary/aromatic N) is 3. The molecule has 0 radical (unpaired) electrons. The molecule has 12 heteroatoms. The molecule has 0 aromatic carbocycles. The number of alkyl halides is 2. The van der Waals surface area contributed by atoms with E-state index in [0.29, 0.717) is 12.2 Å². The molecule has 8 nitrogen and oxygen atoms in total. The molecule has 1 saturated heterocycles. The summed E-state index contributed by atoms with van der Waals surface area (Å²) in [5.41, 5.74) is -0.161. The van der Waals surface area contributed by atoms with Crippen molar-refractivity contribution in [2.45, 2.75) is 87.3 Å². The van der Waals surface area contributed by atoms with Crippen molar-refractivity contribution in [3.05, 3.63) is 24.0 Å². The van der Waals surface area contributed by atoms with Crippen LogP contribution in [0.25, 0.3) is 0 Å². The van der Waals surface area contributed by atoms with Crippen LogP contribution in [0.1, 0.15) is 51.8 Å². The Labute approximate surface area is 197 Å². The number of sulfone groups is 1. The zero-order valence-electron chi connectivity index (χ0n) is 19.4. The van der Waals surface area contributed by atoms with Crippen molar-refractivity contribution < 1.29 is 35.9 Å². The van der Waals surface area contributed by atoms with Gasteiger partial charge in [-0.1, -0.05) is 0 Å². The molecule has 2 saturated carbocycles. The van der Waals surface area contributed by atoms with E-state index in [4.69, 9.17) is 9.47 Å². The van der Waals surface area contributed by atoms with Crippen LogP contribution in [-0.2, 0) is 24.7 Å². The van der Waals surface area contributed by atoms with Gasteiger partial charge in [-0.15, -0.1) is 0 Å². The number of aromatic nitrogens is 2. The zero-order valence-corrected chi connectivity index (χ0v) is 20.2. The monoisotopic (exact) mass is 505 g/mol. The average molecular weight is 506 g/mol. The average Bonchev–Trinajstić information content (AvgIpc) is 3.39. The number of hydrogen-bond donors (Lipinski definition) is 0. The van der Waals surface area contributed by atoms with Gasteiger partial charge >= 0.3 is 6.09 Å². The first-order valence-corrected chi connectivity index (χ1v) is 13.4. The van der Waals surface area contributed by atoms with Crippen molar-refractivity contribution >= 4 is 15.9 Å².